The van der Waals surface area contributed by atoms with Crippen LogP contribution < -0.4 is 14.8 Å². The Morgan fingerprint density at radius 1 is 1.00 bits per heavy atom. The number of ether oxygens (including phenoxy) is 3. The van der Waals surface area contributed by atoms with Gasteiger partial charge in [-0.25, -0.2) is 0 Å². The number of anilines is 1. The van der Waals surface area contributed by atoms with Gasteiger partial charge < -0.3 is 19.5 Å². The molecule has 1 aliphatic rings. The number of unbranched alkanes of at least 4 members (excludes halogenated alkanes) is 3. The predicted molar refractivity (Wildman–Crippen MR) is 115 cm³/mol. The van der Waals surface area contributed by atoms with Crippen molar-refractivity contribution >= 4 is 11.6 Å². The van der Waals surface area contributed by atoms with E-state index in [1.165, 1.54) is 19.3 Å². The van der Waals surface area contributed by atoms with Gasteiger partial charge in [-0.15, -0.1) is 0 Å². The fourth-order valence-corrected chi connectivity index (χ4v) is 3.22. The number of hydrogen-bond acceptors (Lipinski definition) is 4. The molecule has 2 aromatic rings. The molecular formula is C24H31NO4. The highest BCUT2D eigenvalue weighted by atomic mass is 16.5. The number of benzene rings is 2. The molecule has 0 aliphatic carbocycles. The molecule has 1 saturated heterocycles. The molecule has 156 valence electrons. The minimum Gasteiger partial charge on any atom is -0.494 e. The first-order chi connectivity index (χ1) is 14.2. The van der Waals surface area contributed by atoms with Gasteiger partial charge in [0.05, 0.1) is 12.7 Å². The molecule has 1 N–H and O–H groups in total. The third-order valence-corrected chi connectivity index (χ3v) is 4.96. The standard InChI is InChI=1S/C24H31NO4/c1-2-3-4-5-16-27-21-14-10-20(11-15-21)25-24(26)19-8-12-22(13-9-19)29-18-23-7-6-17-28-23/h8-15,23H,2-7,16-18H2,1H3,(H,25,26). The molecule has 0 bridgehead atoms. The van der Waals surface area contributed by atoms with Crippen molar-refractivity contribution in [1.29, 1.82) is 0 Å². The third-order valence-electron chi connectivity index (χ3n) is 4.96. The highest BCUT2D eigenvalue weighted by Gasteiger charge is 2.16. The zero-order valence-electron chi connectivity index (χ0n) is 17.2. The molecule has 3 rings (SSSR count). The second-order valence-electron chi connectivity index (χ2n) is 7.36. The SMILES string of the molecule is CCCCCCOc1ccc(NC(=O)c2ccc(OCC3CCCO3)cc2)cc1. The third kappa shape index (κ3) is 7.09. The van der Waals surface area contributed by atoms with Crippen LogP contribution in [0.1, 0.15) is 55.8 Å². The Kier molecular flexibility index (Phi) is 8.38. The number of rotatable bonds is 11. The van der Waals surface area contributed by atoms with Gasteiger partial charge in [0, 0.05) is 17.9 Å². The van der Waals surface area contributed by atoms with Crippen molar-refractivity contribution in [2.24, 2.45) is 0 Å². The molecule has 1 amide bonds. The summed E-state index contributed by atoms with van der Waals surface area (Å²) < 4.78 is 17.0. The summed E-state index contributed by atoms with van der Waals surface area (Å²) in [7, 11) is 0. The van der Waals surface area contributed by atoms with Crippen LogP contribution in [0, 0.1) is 0 Å². The van der Waals surface area contributed by atoms with Gasteiger partial charge in [0.25, 0.3) is 5.91 Å². The van der Waals surface area contributed by atoms with Crippen molar-refractivity contribution in [3.63, 3.8) is 0 Å². The van der Waals surface area contributed by atoms with Crippen LogP contribution in [0.4, 0.5) is 5.69 Å². The first-order valence-electron chi connectivity index (χ1n) is 10.6. The summed E-state index contributed by atoms with van der Waals surface area (Å²) in [6.07, 6.45) is 7.06. The van der Waals surface area contributed by atoms with Crippen LogP contribution >= 0.6 is 0 Å². The molecule has 2 aromatic carbocycles. The van der Waals surface area contributed by atoms with Crippen LogP contribution in [0.3, 0.4) is 0 Å². The lowest BCUT2D eigenvalue weighted by molar-refractivity contribution is 0.0679. The Bertz CT molecular complexity index is 736. The minimum absolute atomic E-state index is 0.149. The van der Waals surface area contributed by atoms with E-state index in [0.717, 1.165) is 49.7 Å². The first-order valence-corrected chi connectivity index (χ1v) is 10.6. The summed E-state index contributed by atoms with van der Waals surface area (Å²) in [6, 6.07) is 14.7. The Hall–Kier alpha value is -2.53. The van der Waals surface area contributed by atoms with Crippen molar-refractivity contribution in [3.8, 4) is 11.5 Å². The van der Waals surface area contributed by atoms with Gasteiger partial charge in [0.2, 0.25) is 0 Å². The normalized spacial score (nSPS) is 15.8. The van der Waals surface area contributed by atoms with Gasteiger partial charge in [-0.3, -0.25) is 4.79 Å². The van der Waals surface area contributed by atoms with E-state index in [2.05, 4.69) is 12.2 Å². The molecule has 0 aromatic heterocycles. The number of carbonyl (C=O) groups is 1. The Morgan fingerprint density at radius 2 is 1.72 bits per heavy atom. The maximum Gasteiger partial charge on any atom is 0.255 e. The zero-order valence-corrected chi connectivity index (χ0v) is 17.2. The van der Waals surface area contributed by atoms with E-state index in [1.807, 2.05) is 36.4 Å². The lowest BCUT2D eigenvalue weighted by Gasteiger charge is -2.12. The van der Waals surface area contributed by atoms with Gasteiger partial charge in [0.1, 0.15) is 18.1 Å². The van der Waals surface area contributed by atoms with E-state index in [-0.39, 0.29) is 12.0 Å². The fourth-order valence-electron chi connectivity index (χ4n) is 3.22. The lowest BCUT2D eigenvalue weighted by Crippen LogP contribution is -2.16. The van der Waals surface area contributed by atoms with Crippen LogP contribution in [0.2, 0.25) is 0 Å². The predicted octanol–water partition coefficient (Wildman–Crippen LogP) is 5.46. The van der Waals surface area contributed by atoms with Crippen molar-refractivity contribution in [2.45, 2.75) is 51.6 Å². The van der Waals surface area contributed by atoms with Gasteiger partial charge in [-0.2, -0.15) is 0 Å². The summed E-state index contributed by atoms with van der Waals surface area (Å²) in [5.41, 5.74) is 1.33. The summed E-state index contributed by atoms with van der Waals surface area (Å²) >= 11 is 0. The van der Waals surface area contributed by atoms with E-state index in [1.54, 1.807) is 12.1 Å². The Morgan fingerprint density at radius 3 is 2.41 bits per heavy atom. The maximum absolute atomic E-state index is 12.4. The van der Waals surface area contributed by atoms with Crippen LogP contribution in [-0.4, -0.2) is 31.8 Å². The first kappa shape index (κ1) is 21.2. The van der Waals surface area contributed by atoms with Gasteiger partial charge >= 0.3 is 0 Å². The molecule has 1 heterocycles. The summed E-state index contributed by atoms with van der Waals surface area (Å²) in [5, 5.41) is 2.91. The van der Waals surface area contributed by atoms with E-state index in [0.29, 0.717) is 12.2 Å². The topological polar surface area (TPSA) is 56.8 Å². The number of carbonyl (C=O) groups excluding carboxylic acids is 1. The van der Waals surface area contributed by atoms with E-state index in [4.69, 9.17) is 14.2 Å². The molecule has 5 nitrogen and oxygen atoms in total. The van der Waals surface area contributed by atoms with Crippen molar-refractivity contribution < 1.29 is 19.0 Å². The molecule has 0 spiro atoms. The summed E-state index contributed by atoms with van der Waals surface area (Å²) in [6.45, 7) is 4.30. The molecule has 1 atom stereocenters. The monoisotopic (exact) mass is 397 g/mol. The van der Waals surface area contributed by atoms with Crippen LogP contribution in [0.25, 0.3) is 0 Å². The molecule has 1 aliphatic heterocycles. The zero-order chi connectivity index (χ0) is 20.3. The quantitative estimate of drug-likeness (QED) is 0.512. The maximum atomic E-state index is 12.4. The Labute approximate surface area is 173 Å². The minimum atomic E-state index is -0.149. The van der Waals surface area contributed by atoms with Crippen molar-refractivity contribution in [3.05, 3.63) is 54.1 Å². The summed E-state index contributed by atoms with van der Waals surface area (Å²) in [4.78, 5) is 12.4. The van der Waals surface area contributed by atoms with Gasteiger partial charge in [0.15, 0.2) is 0 Å². The highest BCUT2D eigenvalue weighted by molar-refractivity contribution is 6.04. The summed E-state index contributed by atoms with van der Waals surface area (Å²) in [5.74, 6) is 1.42. The van der Waals surface area contributed by atoms with E-state index >= 15 is 0 Å². The van der Waals surface area contributed by atoms with Crippen molar-refractivity contribution in [1.82, 2.24) is 0 Å². The number of amides is 1. The number of hydrogen-bond donors (Lipinski definition) is 1. The second-order valence-corrected chi connectivity index (χ2v) is 7.36. The molecule has 1 unspecified atom stereocenters. The van der Waals surface area contributed by atoms with Gasteiger partial charge in [-0.05, 0) is 67.8 Å². The average Bonchev–Trinajstić information content (AvgIpc) is 3.27. The molecular weight excluding hydrogens is 366 g/mol. The fraction of sp³-hybridized carbons (Fsp3) is 0.458. The smallest absolute Gasteiger partial charge is 0.255 e. The average molecular weight is 398 g/mol. The van der Waals surface area contributed by atoms with Gasteiger partial charge in [-0.1, -0.05) is 26.2 Å². The van der Waals surface area contributed by atoms with E-state index < -0.39 is 0 Å². The molecule has 5 heteroatoms. The van der Waals surface area contributed by atoms with Crippen LogP contribution in [0.15, 0.2) is 48.5 Å². The van der Waals surface area contributed by atoms with Crippen molar-refractivity contribution in [2.75, 3.05) is 25.1 Å². The molecule has 0 saturated carbocycles. The molecule has 1 fully saturated rings. The Balaban J connectivity index is 1.43. The molecule has 0 radical (unpaired) electrons. The second kappa shape index (κ2) is 11.5. The highest BCUT2D eigenvalue weighted by Crippen LogP contribution is 2.19. The molecule has 29 heavy (non-hydrogen) atoms. The van der Waals surface area contributed by atoms with Crippen LogP contribution in [-0.2, 0) is 4.74 Å². The number of nitrogens with one attached hydrogen (secondary N) is 1. The lowest BCUT2D eigenvalue weighted by atomic mass is 10.2. The largest absolute Gasteiger partial charge is 0.494 e. The van der Waals surface area contributed by atoms with E-state index in [9.17, 15) is 4.79 Å². The van der Waals surface area contributed by atoms with Crippen LogP contribution in [0.5, 0.6) is 11.5 Å².